The summed E-state index contributed by atoms with van der Waals surface area (Å²) < 4.78 is 0. The fourth-order valence-corrected chi connectivity index (χ4v) is 1.20. The van der Waals surface area contributed by atoms with Crippen molar-refractivity contribution in [3.8, 4) is 0 Å². The molecular weight excluding hydrogens is 222 g/mol. The molecule has 0 spiro atoms. The van der Waals surface area contributed by atoms with Gasteiger partial charge in [-0.1, -0.05) is 12.2 Å². The lowest BCUT2D eigenvalue weighted by atomic mass is 10.4. The summed E-state index contributed by atoms with van der Waals surface area (Å²) in [6.45, 7) is 8.10. The fourth-order valence-electron chi connectivity index (χ4n) is 1.09. The average Bonchev–Trinajstić information content (AvgIpc) is 2.14. The Balaban J connectivity index is 2.95. The molecule has 0 unspecified atom stereocenters. The van der Waals surface area contributed by atoms with Gasteiger partial charge in [-0.25, -0.2) is 0 Å². The largest absolute Gasteiger partial charge is 0.352 e. The topological polar surface area (TPSA) is 62.7 Å². The predicted octanol–water partition coefficient (Wildman–Crippen LogP) is 1.86. The molecule has 0 aromatic carbocycles. The van der Waals surface area contributed by atoms with Crippen molar-refractivity contribution in [2.24, 2.45) is 0 Å². The van der Waals surface area contributed by atoms with Crippen LogP contribution in [0.2, 0.25) is 0 Å². The van der Waals surface area contributed by atoms with Gasteiger partial charge in [0, 0.05) is 17.5 Å². The molecule has 0 amide bonds. The molecule has 1 rings (SSSR count). The minimum atomic E-state index is 0.271. The number of hydrogen-bond acceptors (Lipinski definition) is 6. The molecule has 5 nitrogen and oxygen atoms in total. The van der Waals surface area contributed by atoms with Crippen LogP contribution < -0.4 is 10.6 Å². The molecule has 16 heavy (non-hydrogen) atoms. The van der Waals surface area contributed by atoms with Gasteiger partial charge in [-0.05, 0) is 27.7 Å². The van der Waals surface area contributed by atoms with Crippen LogP contribution in [0.15, 0.2) is 0 Å². The van der Waals surface area contributed by atoms with E-state index in [9.17, 15) is 0 Å². The first-order valence-corrected chi connectivity index (χ1v) is 5.72. The third-order valence-electron chi connectivity index (χ3n) is 1.59. The molecule has 0 atom stereocenters. The zero-order valence-corrected chi connectivity index (χ0v) is 10.8. The van der Waals surface area contributed by atoms with Crippen LogP contribution in [0.25, 0.3) is 0 Å². The van der Waals surface area contributed by atoms with Crippen LogP contribution in [-0.2, 0) is 0 Å². The van der Waals surface area contributed by atoms with E-state index in [2.05, 4.69) is 25.6 Å². The van der Waals surface area contributed by atoms with E-state index in [1.165, 1.54) is 5.37 Å². The molecule has 0 fully saturated rings. The maximum Gasteiger partial charge on any atom is 0.228 e. The number of thiocarbonyl (C=S) groups is 1. The molecule has 0 saturated carbocycles. The lowest BCUT2D eigenvalue weighted by Gasteiger charge is -2.12. The standard InChI is InChI=1S/C10H17N5S/c1-6(2)11-9-13-8(5-16)14-10(15-9)12-7(3)4/h5-7H,1-4H3,(H2,11,12,13,14,15). The van der Waals surface area contributed by atoms with E-state index in [4.69, 9.17) is 12.2 Å². The Morgan fingerprint density at radius 1 is 0.938 bits per heavy atom. The van der Waals surface area contributed by atoms with Gasteiger partial charge < -0.3 is 10.6 Å². The number of anilines is 2. The highest BCUT2D eigenvalue weighted by Crippen LogP contribution is 2.07. The van der Waals surface area contributed by atoms with Gasteiger partial charge >= 0.3 is 0 Å². The van der Waals surface area contributed by atoms with Crippen LogP contribution in [0.5, 0.6) is 0 Å². The molecule has 1 aromatic heterocycles. The van der Waals surface area contributed by atoms with Gasteiger partial charge in [0.05, 0.1) is 0 Å². The Morgan fingerprint density at radius 3 is 1.69 bits per heavy atom. The third kappa shape index (κ3) is 4.06. The molecule has 1 heterocycles. The van der Waals surface area contributed by atoms with Crippen molar-refractivity contribution in [1.29, 1.82) is 0 Å². The minimum absolute atomic E-state index is 0.271. The molecule has 6 heteroatoms. The number of hydrogen-bond donors (Lipinski definition) is 2. The lowest BCUT2D eigenvalue weighted by molar-refractivity contribution is 0.843. The molecule has 2 N–H and O–H groups in total. The monoisotopic (exact) mass is 239 g/mol. The van der Waals surface area contributed by atoms with Gasteiger partial charge in [-0.2, -0.15) is 15.0 Å². The van der Waals surface area contributed by atoms with Crippen molar-refractivity contribution < 1.29 is 0 Å². The van der Waals surface area contributed by atoms with E-state index >= 15 is 0 Å². The first-order valence-electron chi connectivity index (χ1n) is 5.25. The Morgan fingerprint density at radius 2 is 1.38 bits per heavy atom. The maximum absolute atomic E-state index is 4.83. The summed E-state index contributed by atoms with van der Waals surface area (Å²) >= 11 is 4.83. The van der Waals surface area contributed by atoms with Gasteiger partial charge in [0.1, 0.15) is 0 Å². The van der Waals surface area contributed by atoms with E-state index in [0.717, 1.165) is 0 Å². The van der Waals surface area contributed by atoms with Gasteiger partial charge in [-0.3, -0.25) is 0 Å². The first kappa shape index (κ1) is 12.8. The molecule has 0 bridgehead atoms. The van der Waals surface area contributed by atoms with Crippen LogP contribution in [0, 0.1) is 0 Å². The molecule has 1 aromatic rings. The summed E-state index contributed by atoms with van der Waals surface area (Å²) in [5, 5.41) is 7.69. The summed E-state index contributed by atoms with van der Waals surface area (Å²) in [6.07, 6.45) is 0. The smallest absolute Gasteiger partial charge is 0.228 e. The number of nitrogens with zero attached hydrogens (tertiary/aromatic N) is 3. The van der Waals surface area contributed by atoms with Crippen LogP contribution in [0.4, 0.5) is 11.9 Å². The summed E-state index contributed by atoms with van der Waals surface area (Å²) in [4.78, 5) is 12.6. The number of rotatable bonds is 5. The Bertz CT molecular complexity index is 336. The summed E-state index contributed by atoms with van der Waals surface area (Å²) in [6, 6.07) is 0.541. The van der Waals surface area contributed by atoms with Crippen LogP contribution >= 0.6 is 12.2 Å². The Hall–Kier alpha value is -1.30. The molecular formula is C10H17N5S. The van der Waals surface area contributed by atoms with Crippen molar-refractivity contribution in [1.82, 2.24) is 15.0 Å². The van der Waals surface area contributed by atoms with E-state index in [0.29, 0.717) is 17.7 Å². The zero-order valence-electron chi connectivity index (χ0n) is 9.98. The van der Waals surface area contributed by atoms with E-state index in [1.807, 2.05) is 27.7 Å². The van der Waals surface area contributed by atoms with Gasteiger partial charge in [0.25, 0.3) is 0 Å². The maximum atomic E-state index is 4.83. The number of nitrogens with one attached hydrogen (secondary N) is 2. The third-order valence-corrected chi connectivity index (χ3v) is 1.80. The van der Waals surface area contributed by atoms with Gasteiger partial charge in [-0.15, -0.1) is 0 Å². The average molecular weight is 239 g/mol. The first-order chi connectivity index (χ1) is 7.51. The molecule has 0 aliphatic heterocycles. The van der Waals surface area contributed by atoms with E-state index < -0.39 is 0 Å². The van der Waals surface area contributed by atoms with Crippen molar-refractivity contribution in [2.75, 3.05) is 10.6 Å². The minimum Gasteiger partial charge on any atom is -0.352 e. The normalized spacial score (nSPS) is 10.6. The molecule has 88 valence electrons. The molecule has 0 radical (unpaired) electrons. The van der Waals surface area contributed by atoms with E-state index in [-0.39, 0.29) is 12.1 Å². The SMILES string of the molecule is CC(C)Nc1nc(C=S)nc(NC(C)C)n1. The highest BCUT2D eigenvalue weighted by molar-refractivity contribution is 7.79. The van der Waals surface area contributed by atoms with Gasteiger partial charge in [0.15, 0.2) is 5.82 Å². The second kappa shape index (κ2) is 5.69. The number of aromatic nitrogens is 3. The van der Waals surface area contributed by atoms with Crippen molar-refractivity contribution in [3.05, 3.63) is 5.82 Å². The van der Waals surface area contributed by atoms with Crippen LogP contribution in [-0.4, -0.2) is 32.4 Å². The van der Waals surface area contributed by atoms with Crippen LogP contribution in [0.1, 0.15) is 33.5 Å². The Kier molecular flexibility index (Phi) is 4.54. The summed E-state index contributed by atoms with van der Waals surface area (Å²) in [7, 11) is 0. The summed E-state index contributed by atoms with van der Waals surface area (Å²) in [5.41, 5.74) is 0. The Labute approximate surface area is 101 Å². The molecule has 0 aliphatic rings. The summed E-state index contributed by atoms with van der Waals surface area (Å²) in [5.74, 6) is 1.59. The van der Waals surface area contributed by atoms with Crippen molar-refractivity contribution in [3.63, 3.8) is 0 Å². The van der Waals surface area contributed by atoms with Crippen LogP contribution in [0.3, 0.4) is 0 Å². The van der Waals surface area contributed by atoms with Crippen molar-refractivity contribution >= 4 is 29.5 Å². The van der Waals surface area contributed by atoms with Gasteiger partial charge in [0.2, 0.25) is 11.9 Å². The zero-order chi connectivity index (χ0) is 12.1. The second-order valence-corrected chi connectivity index (χ2v) is 4.29. The van der Waals surface area contributed by atoms with Crippen molar-refractivity contribution in [2.45, 2.75) is 39.8 Å². The lowest BCUT2D eigenvalue weighted by Crippen LogP contribution is -2.18. The molecule has 0 aliphatic carbocycles. The fraction of sp³-hybridized carbons (Fsp3) is 0.600. The highest BCUT2D eigenvalue weighted by Gasteiger charge is 2.06. The highest BCUT2D eigenvalue weighted by atomic mass is 32.1. The molecule has 0 saturated heterocycles. The second-order valence-electron chi connectivity index (χ2n) is 4.06. The quantitative estimate of drug-likeness (QED) is 0.765. The van der Waals surface area contributed by atoms with E-state index in [1.54, 1.807) is 0 Å². The predicted molar refractivity (Wildman–Crippen MR) is 70.1 cm³/mol.